The van der Waals surface area contributed by atoms with Gasteiger partial charge in [0, 0.05) is 6.20 Å². The molecule has 0 unspecified atom stereocenters. The molecule has 0 spiro atoms. The van der Waals surface area contributed by atoms with Crippen LogP contribution in [0.2, 0.25) is 0 Å². The highest BCUT2D eigenvalue weighted by molar-refractivity contribution is 14.1. The summed E-state index contributed by atoms with van der Waals surface area (Å²) in [5, 5.41) is 0. The van der Waals surface area contributed by atoms with Crippen molar-refractivity contribution in [1.29, 1.82) is 0 Å². The van der Waals surface area contributed by atoms with Crippen molar-refractivity contribution < 1.29 is 0 Å². The Morgan fingerprint density at radius 3 is 3.06 bits per heavy atom. The van der Waals surface area contributed by atoms with Gasteiger partial charge < -0.3 is 0 Å². The van der Waals surface area contributed by atoms with Crippen LogP contribution in [-0.2, 0) is 0 Å². The molecule has 0 fully saturated rings. The van der Waals surface area contributed by atoms with Crippen molar-refractivity contribution in [2.75, 3.05) is 0 Å². The Labute approximate surface area is 109 Å². The molecular weight excluding hydrogens is 311 g/mol. The van der Waals surface area contributed by atoms with Crippen LogP contribution in [-0.4, -0.2) is 9.38 Å². The zero-order valence-electron chi connectivity index (χ0n) is 8.99. The molecule has 0 amide bonds. The lowest BCUT2D eigenvalue weighted by molar-refractivity contribution is 0.742. The van der Waals surface area contributed by atoms with Crippen molar-refractivity contribution in [1.82, 2.24) is 9.38 Å². The van der Waals surface area contributed by atoms with Crippen LogP contribution >= 0.6 is 22.6 Å². The number of hydrogen-bond donors (Lipinski definition) is 0. The van der Waals surface area contributed by atoms with Crippen LogP contribution in [0, 0.1) is 3.70 Å². The van der Waals surface area contributed by atoms with Gasteiger partial charge in [-0.3, -0.25) is 4.40 Å². The molecule has 0 aromatic carbocycles. The normalized spacial score (nSPS) is 16.4. The Morgan fingerprint density at radius 1 is 1.31 bits per heavy atom. The van der Waals surface area contributed by atoms with Crippen LogP contribution in [0.25, 0.3) is 11.2 Å². The lowest BCUT2D eigenvalue weighted by atomic mass is 9.94. The van der Waals surface area contributed by atoms with Crippen molar-refractivity contribution >= 4 is 33.8 Å². The smallest absolute Gasteiger partial charge is 0.138 e. The quantitative estimate of drug-likeness (QED) is 0.728. The largest absolute Gasteiger partial charge is 0.295 e. The second-order valence-electron chi connectivity index (χ2n) is 4.20. The van der Waals surface area contributed by atoms with E-state index in [9.17, 15) is 0 Å². The van der Waals surface area contributed by atoms with Gasteiger partial charge >= 0.3 is 0 Å². The van der Waals surface area contributed by atoms with Gasteiger partial charge in [0.25, 0.3) is 0 Å². The number of rotatable bonds is 1. The third-order valence-corrected chi connectivity index (χ3v) is 3.93. The summed E-state index contributed by atoms with van der Waals surface area (Å²) in [5.74, 6) is 0. The molecule has 82 valence electrons. The number of nitrogens with zero attached hydrogens (tertiary/aromatic N) is 2. The fraction of sp³-hybridized carbons (Fsp3) is 0.308. The fourth-order valence-electron chi connectivity index (χ4n) is 2.25. The minimum atomic E-state index is 1.05. The van der Waals surface area contributed by atoms with E-state index >= 15 is 0 Å². The summed E-state index contributed by atoms with van der Waals surface area (Å²) in [6.07, 6.45) is 11.5. The first-order valence-electron chi connectivity index (χ1n) is 5.66. The van der Waals surface area contributed by atoms with E-state index in [2.05, 4.69) is 56.4 Å². The van der Waals surface area contributed by atoms with Gasteiger partial charge in [-0.05, 0) is 71.5 Å². The van der Waals surface area contributed by atoms with Crippen molar-refractivity contribution in [3.63, 3.8) is 0 Å². The zero-order chi connectivity index (χ0) is 11.0. The van der Waals surface area contributed by atoms with E-state index in [0.29, 0.717) is 0 Å². The Morgan fingerprint density at radius 2 is 2.25 bits per heavy atom. The summed E-state index contributed by atoms with van der Waals surface area (Å²) in [6.45, 7) is 0. The van der Waals surface area contributed by atoms with Gasteiger partial charge in [0.15, 0.2) is 0 Å². The molecule has 1 aliphatic rings. The third kappa shape index (κ3) is 1.77. The van der Waals surface area contributed by atoms with Crippen molar-refractivity contribution in [3.05, 3.63) is 39.9 Å². The maximum Gasteiger partial charge on any atom is 0.138 e. The molecule has 0 saturated carbocycles. The monoisotopic (exact) mass is 324 g/mol. The molecule has 0 aliphatic heterocycles. The molecule has 0 atom stereocenters. The van der Waals surface area contributed by atoms with Gasteiger partial charge in [0.1, 0.15) is 9.35 Å². The second-order valence-corrected chi connectivity index (χ2v) is 5.30. The Balaban J connectivity index is 2.07. The first-order chi connectivity index (χ1) is 7.84. The molecule has 0 radical (unpaired) electrons. The van der Waals surface area contributed by atoms with E-state index < -0.39 is 0 Å². The van der Waals surface area contributed by atoms with E-state index in [-0.39, 0.29) is 0 Å². The average molecular weight is 324 g/mol. The van der Waals surface area contributed by atoms with Crippen molar-refractivity contribution in [3.8, 4) is 0 Å². The predicted octanol–water partition coefficient (Wildman–Crippen LogP) is 3.90. The number of imidazole rings is 1. The predicted molar refractivity (Wildman–Crippen MR) is 74.4 cm³/mol. The van der Waals surface area contributed by atoms with Gasteiger partial charge in [-0.2, -0.15) is 0 Å². The molecule has 2 nitrogen and oxygen atoms in total. The summed E-state index contributed by atoms with van der Waals surface area (Å²) < 4.78 is 3.28. The number of allylic oxidation sites excluding steroid dienone is 2. The van der Waals surface area contributed by atoms with Crippen molar-refractivity contribution in [2.45, 2.75) is 25.7 Å². The Kier molecular flexibility index (Phi) is 2.71. The van der Waals surface area contributed by atoms with Crippen LogP contribution < -0.4 is 0 Å². The molecule has 3 heteroatoms. The van der Waals surface area contributed by atoms with Crippen LogP contribution in [0.15, 0.2) is 30.6 Å². The Hall–Kier alpha value is -0.840. The lowest BCUT2D eigenvalue weighted by Gasteiger charge is -2.12. The summed E-state index contributed by atoms with van der Waals surface area (Å²) >= 11 is 2.31. The zero-order valence-corrected chi connectivity index (χ0v) is 11.1. The third-order valence-electron chi connectivity index (χ3n) is 3.13. The minimum Gasteiger partial charge on any atom is -0.295 e. The standard InChI is InChI=1S/C13H13IN2/c14-12-9-15-13-8-11(6-7-16(12)13)10-4-2-1-3-5-10/h4,6-9H,1-3,5H2. The van der Waals surface area contributed by atoms with E-state index in [1.54, 1.807) is 0 Å². The number of aromatic nitrogens is 2. The molecule has 16 heavy (non-hydrogen) atoms. The van der Waals surface area contributed by atoms with E-state index in [1.807, 2.05) is 6.20 Å². The number of fused-ring (bicyclic) bond motifs is 1. The molecule has 2 aromatic rings. The highest BCUT2D eigenvalue weighted by Crippen LogP contribution is 2.27. The highest BCUT2D eigenvalue weighted by atomic mass is 127. The van der Waals surface area contributed by atoms with E-state index in [1.165, 1.54) is 36.8 Å². The summed E-state index contributed by atoms with van der Waals surface area (Å²) in [5.41, 5.74) is 3.88. The maximum atomic E-state index is 4.40. The molecule has 3 rings (SSSR count). The fourth-order valence-corrected chi connectivity index (χ4v) is 2.80. The van der Waals surface area contributed by atoms with Crippen LogP contribution in [0.4, 0.5) is 0 Å². The van der Waals surface area contributed by atoms with Gasteiger partial charge in [-0.1, -0.05) is 6.08 Å². The SMILES string of the molecule is Ic1cnc2cc(C3=CCCCC3)ccn12. The highest BCUT2D eigenvalue weighted by Gasteiger charge is 2.08. The minimum absolute atomic E-state index is 1.05. The maximum absolute atomic E-state index is 4.40. The van der Waals surface area contributed by atoms with Crippen molar-refractivity contribution in [2.24, 2.45) is 0 Å². The number of pyridine rings is 1. The first-order valence-corrected chi connectivity index (χ1v) is 6.74. The first kappa shape index (κ1) is 10.3. The average Bonchev–Trinajstić information content (AvgIpc) is 2.72. The molecule has 2 heterocycles. The molecule has 0 bridgehead atoms. The van der Waals surface area contributed by atoms with Gasteiger partial charge in [0.2, 0.25) is 0 Å². The van der Waals surface area contributed by atoms with Gasteiger partial charge in [-0.25, -0.2) is 4.98 Å². The molecule has 1 aliphatic carbocycles. The van der Waals surface area contributed by atoms with Gasteiger partial charge in [-0.15, -0.1) is 0 Å². The van der Waals surface area contributed by atoms with Crippen LogP contribution in [0.1, 0.15) is 31.2 Å². The number of halogens is 1. The lowest BCUT2D eigenvalue weighted by Crippen LogP contribution is -1.94. The van der Waals surface area contributed by atoms with E-state index in [0.717, 1.165) is 9.35 Å². The molecular formula is C13H13IN2. The topological polar surface area (TPSA) is 17.3 Å². The number of hydrogen-bond acceptors (Lipinski definition) is 1. The van der Waals surface area contributed by atoms with Crippen LogP contribution in [0.5, 0.6) is 0 Å². The molecule has 0 saturated heterocycles. The summed E-state index contributed by atoms with van der Waals surface area (Å²) in [7, 11) is 0. The summed E-state index contributed by atoms with van der Waals surface area (Å²) in [4.78, 5) is 4.40. The van der Waals surface area contributed by atoms with Crippen LogP contribution in [0.3, 0.4) is 0 Å². The van der Waals surface area contributed by atoms with E-state index in [4.69, 9.17) is 0 Å². The summed E-state index contributed by atoms with van der Waals surface area (Å²) in [6, 6.07) is 4.40. The molecule has 0 N–H and O–H groups in total. The molecule has 2 aromatic heterocycles. The second kappa shape index (κ2) is 4.20. The van der Waals surface area contributed by atoms with Gasteiger partial charge in [0.05, 0.1) is 6.20 Å². The Bertz CT molecular complexity index is 554.